The molecule has 0 saturated carbocycles. The fourth-order valence-electron chi connectivity index (χ4n) is 4.33. The van der Waals surface area contributed by atoms with E-state index in [1.54, 1.807) is 58.2 Å². The van der Waals surface area contributed by atoms with Crippen LogP contribution in [0, 0.1) is 0 Å². The molecule has 2 aromatic carbocycles. The van der Waals surface area contributed by atoms with E-state index in [0.717, 1.165) is 5.56 Å². The molecule has 0 bridgehead atoms. The maximum Gasteiger partial charge on any atom is 0.338 e. The molecule has 0 aliphatic carbocycles. The molecule has 4 aromatic rings. The van der Waals surface area contributed by atoms with Crippen molar-refractivity contribution in [1.29, 1.82) is 0 Å². The van der Waals surface area contributed by atoms with Gasteiger partial charge in [-0.25, -0.2) is 9.48 Å². The van der Waals surface area contributed by atoms with E-state index in [1.165, 1.54) is 11.3 Å². The van der Waals surface area contributed by atoms with Crippen LogP contribution in [0.1, 0.15) is 49.8 Å². The number of amides is 1. The Kier molecular flexibility index (Phi) is 7.13. The summed E-state index contributed by atoms with van der Waals surface area (Å²) in [6.07, 6.45) is 1.18. The summed E-state index contributed by atoms with van der Waals surface area (Å²) in [7, 11) is 0. The molecule has 0 unspecified atom stereocenters. The molecule has 8 nitrogen and oxygen atoms in total. The zero-order valence-electron chi connectivity index (χ0n) is 19.1. The van der Waals surface area contributed by atoms with E-state index < -0.39 is 18.1 Å². The summed E-state index contributed by atoms with van der Waals surface area (Å²) in [6.45, 7) is 0.180. The summed E-state index contributed by atoms with van der Waals surface area (Å²) in [4.78, 5) is 28.1. The van der Waals surface area contributed by atoms with E-state index in [1.807, 2.05) is 29.6 Å². The van der Waals surface area contributed by atoms with Crippen molar-refractivity contribution < 1.29 is 19.4 Å². The largest absolute Gasteiger partial charge is 0.455 e. The van der Waals surface area contributed by atoms with Crippen LogP contribution in [-0.2, 0) is 11.3 Å². The number of carbonyl (C=O) groups is 2. The maximum atomic E-state index is 13.4. The molecule has 1 amide bonds. The van der Waals surface area contributed by atoms with Gasteiger partial charge in [0, 0.05) is 18.0 Å². The highest BCUT2D eigenvalue weighted by molar-refractivity contribution is 7.12. The Morgan fingerprint density at radius 1 is 1.08 bits per heavy atom. The summed E-state index contributed by atoms with van der Waals surface area (Å²) in [5.41, 5.74) is 1.79. The molecule has 1 N–H and O–H groups in total. The number of nitrogens with zero attached hydrogens (tertiary/aromatic N) is 4. The van der Waals surface area contributed by atoms with Crippen LogP contribution in [0.4, 0.5) is 0 Å². The van der Waals surface area contributed by atoms with Crippen LogP contribution in [0.5, 0.6) is 0 Å². The molecule has 0 spiro atoms. The minimum atomic E-state index is -0.778. The number of carbonyl (C=O) groups excluding carboxylic acids is 2. The van der Waals surface area contributed by atoms with E-state index in [4.69, 9.17) is 16.3 Å². The van der Waals surface area contributed by atoms with Crippen molar-refractivity contribution >= 4 is 34.8 Å². The van der Waals surface area contributed by atoms with Gasteiger partial charge in [-0.1, -0.05) is 53.2 Å². The number of aliphatic hydroxyl groups is 1. The third kappa shape index (κ3) is 5.18. The topological polar surface area (TPSA) is 97.5 Å². The molecule has 3 heterocycles. The van der Waals surface area contributed by atoms with E-state index in [9.17, 15) is 14.7 Å². The van der Waals surface area contributed by atoms with E-state index in [-0.39, 0.29) is 25.1 Å². The number of rotatable bonds is 6. The van der Waals surface area contributed by atoms with Crippen molar-refractivity contribution in [2.45, 2.75) is 31.2 Å². The molecule has 1 fully saturated rings. The van der Waals surface area contributed by atoms with Crippen molar-refractivity contribution in [1.82, 2.24) is 19.9 Å². The van der Waals surface area contributed by atoms with Gasteiger partial charge in [0.1, 0.15) is 12.3 Å². The molecular weight excluding hydrogens is 500 g/mol. The second-order valence-corrected chi connectivity index (χ2v) is 9.89. The minimum Gasteiger partial charge on any atom is -0.455 e. The quantitative estimate of drug-likeness (QED) is 0.373. The highest BCUT2D eigenvalue weighted by atomic mass is 35.5. The predicted octanol–water partition coefficient (Wildman–Crippen LogP) is 4.54. The molecule has 1 aliphatic rings. The van der Waals surface area contributed by atoms with E-state index in [0.29, 0.717) is 27.6 Å². The van der Waals surface area contributed by atoms with Crippen molar-refractivity contribution in [2.75, 3.05) is 6.54 Å². The van der Waals surface area contributed by atoms with Gasteiger partial charge in [0.05, 0.1) is 34.8 Å². The van der Waals surface area contributed by atoms with Crippen LogP contribution < -0.4 is 0 Å². The molecule has 3 atom stereocenters. The van der Waals surface area contributed by atoms with Crippen molar-refractivity contribution in [3.05, 3.63) is 105 Å². The Balaban J connectivity index is 1.34. The monoisotopic (exact) mass is 522 g/mol. The number of hydrogen-bond acceptors (Lipinski definition) is 7. The first-order valence-electron chi connectivity index (χ1n) is 11.4. The number of halogens is 1. The number of piperidine rings is 1. The van der Waals surface area contributed by atoms with Gasteiger partial charge in [-0.05, 0) is 41.3 Å². The number of hydrogen-bond donors (Lipinski definition) is 1. The average Bonchev–Trinajstić information content (AvgIpc) is 3.61. The fourth-order valence-corrected chi connectivity index (χ4v) is 5.13. The van der Waals surface area contributed by atoms with Gasteiger partial charge in [0.2, 0.25) is 0 Å². The molecule has 10 heteroatoms. The van der Waals surface area contributed by atoms with Gasteiger partial charge < -0.3 is 14.7 Å². The zero-order valence-corrected chi connectivity index (χ0v) is 20.7. The van der Waals surface area contributed by atoms with Crippen molar-refractivity contribution in [3.63, 3.8) is 0 Å². The Morgan fingerprint density at radius 2 is 1.86 bits per heavy atom. The van der Waals surface area contributed by atoms with Gasteiger partial charge in [-0.3, -0.25) is 4.79 Å². The van der Waals surface area contributed by atoms with Crippen molar-refractivity contribution in [3.8, 4) is 0 Å². The van der Waals surface area contributed by atoms with Crippen LogP contribution in [0.2, 0.25) is 5.02 Å². The first-order valence-corrected chi connectivity index (χ1v) is 12.7. The van der Waals surface area contributed by atoms with Gasteiger partial charge in [-0.2, -0.15) is 0 Å². The molecule has 184 valence electrons. The molecular formula is C26H23ClN4O4S. The lowest BCUT2D eigenvalue weighted by Crippen LogP contribution is -2.48. The Labute approximate surface area is 216 Å². The SMILES string of the molecule is O=C(OCc1cn([C@H]2CN(C(=O)c3cccs3)[C@@H](c3ccc(Cl)cc3)C[C@@H]2O)nn1)c1ccccc1. The smallest absolute Gasteiger partial charge is 0.338 e. The van der Waals surface area contributed by atoms with Gasteiger partial charge in [0.25, 0.3) is 5.91 Å². The third-order valence-corrected chi connectivity index (χ3v) is 7.28. The van der Waals surface area contributed by atoms with Gasteiger partial charge in [0.15, 0.2) is 0 Å². The Morgan fingerprint density at radius 3 is 2.58 bits per heavy atom. The molecule has 2 aromatic heterocycles. The molecule has 36 heavy (non-hydrogen) atoms. The average molecular weight is 523 g/mol. The predicted molar refractivity (Wildman–Crippen MR) is 135 cm³/mol. The molecule has 1 saturated heterocycles. The Bertz CT molecular complexity index is 1330. The number of benzene rings is 2. The number of thiophene rings is 1. The summed E-state index contributed by atoms with van der Waals surface area (Å²) in [6, 6.07) is 18.8. The second-order valence-electron chi connectivity index (χ2n) is 8.50. The number of likely N-dealkylation sites (tertiary alicyclic amines) is 1. The minimum absolute atomic E-state index is 0.0538. The zero-order chi connectivity index (χ0) is 25.1. The van der Waals surface area contributed by atoms with Crippen LogP contribution in [-0.4, -0.2) is 49.5 Å². The lowest BCUT2D eigenvalue weighted by atomic mass is 9.90. The van der Waals surface area contributed by atoms with E-state index >= 15 is 0 Å². The lowest BCUT2D eigenvalue weighted by Gasteiger charge is -2.42. The number of aromatic nitrogens is 3. The van der Waals surface area contributed by atoms with Crippen molar-refractivity contribution in [2.24, 2.45) is 0 Å². The second kappa shape index (κ2) is 10.6. The summed E-state index contributed by atoms with van der Waals surface area (Å²) in [5.74, 6) is -0.569. The first kappa shape index (κ1) is 24.2. The molecule has 0 radical (unpaired) electrons. The number of aliphatic hydroxyl groups excluding tert-OH is 1. The normalized spacial score (nSPS) is 19.7. The maximum absolute atomic E-state index is 13.4. The third-order valence-electron chi connectivity index (χ3n) is 6.17. The van der Waals surface area contributed by atoms with Crippen LogP contribution in [0.3, 0.4) is 0 Å². The molecule has 5 rings (SSSR count). The highest BCUT2D eigenvalue weighted by Gasteiger charge is 2.40. The van der Waals surface area contributed by atoms with Crippen LogP contribution in [0.25, 0.3) is 0 Å². The van der Waals surface area contributed by atoms with Crippen LogP contribution in [0.15, 0.2) is 78.3 Å². The van der Waals surface area contributed by atoms with Gasteiger partial charge >= 0.3 is 5.97 Å². The lowest BCUT2D eigenvalue weighted by molar-refractivity contribution is -0.00170. The highest BCUT2D eigenvalue weighted by Crippen LogP contribution is 2.37. The first-order chi connectivity index (χ1) is 17.5. The van der Waals surface area contributed by atoms with E-state index in [2.05, 4.69) is 10.3 Å². The molecule has 1 aliphatic heterocycles. The summed E-state index contributed by atoms with van der Waals surface area (Å²) < 4.78 is 6.89. The Hall–Kier alpha value is -3.53. The standard InChI is InChI=1S/C26H23ClN4O4S/c27-19-10-8-17(9-11-19)21-13-23(32)22(15-30(21)25(33)24-7-4-12-36-24)31-14-20(28-29-31)16-35-26(34)18-5-2-1-3-6-18/h1-12,14,21-23,32H,13,15-16H2/t21-,22+,23+/m1/s1. The summed E-state index contributed by atoms with van der Waals surface area (Å²) >= 11 is 7.44. The number of ether oxygens (including phenoxy) is 1. The summed E-state index contributed by atoms with van der Waals surface area (Å²) in [5, 5.41) is 21.8. The fraction of sp³-hybridized carbons (Fsp3) is 0.231. The van der Waals surface area contributed by atoms with Gasteiger partial charge in [-0.15, -0.1) is 16.4 Å². The van der Waals surface area contributed by atoms with Crippen LogP contribution >= 0.6 is 22.9 Å². The number of esters is 1.